The molecule has 0 heterocycles. The fourth-order valence-corrected chi connectivity index (χ4v) is 2.78. The third-order valence-electron chi connectivity index (χ3n) is 2.81. The van der Waals surface area contributed by atoms with Crippen LogP contribution in [0.1, 0.15) is 15.9 Å². The van der Waals surface area contributed by atoms with E-state index in [-0.39, 0.29) is 10.5 Å². The summed E-state index contributed by atoms with van der Waals surface area (Å²) in [6.07, 6.45) is 1.09. The Morgan fingerprint density at radius 2 is 1.75 bits per heavy atom. The number of hydrogen-bond donors (Lipinski definition) is 1. The number of anilines is 1. The SMILES string of the molecule is Cc1cccc(NC(=O)c2ccccc2S(C)(=O)=O)c1. The van der Waals surface area contributed by atoms with Gasteiger partial charge in [0.1, 0.15) is 0 Å². The maximum atomic E-state index is 12.2. The second-order valence-electron chi connectivity index (χ2n) is 4.59. The predicted octanol–water partition coefficient (Wildman–Crippen LogP) is 2.65. The number of nitrogens with one attached hydrogen (secondary N) is 1. The highest BCUT2D eigenvalue weighted by Gasteiger charge is 2.18. The van der Waals surface area contributed by atoms with Gasteiger partial charge in [0.15, 0.2) is 9.84 Å². The van der Waals surface area contributed by atoms with Crippen LogP contribution in [0.4, 0.5) is 5.69 Å². The minimum atomic E-state index is -3.44. The van der Waals surface area contributed by atoms with E-state index in [1.54, 1.807) is 18.2 Å². The molecule has 5 heteroatoms. The van der Waals surface area contributed by atoms with Gasteiger partial charge < -0.3 is 5.32 Å². The highest BCUT2D eigenvalue weighted by molar-refractivity contribution is 7.90. The molecule has 0 aromatic heterocycles. The summed E-state index contributed by atoms with van der Waals surface area (Å²) < 4.78 is 23.4. The van der Waals surface area contributed by atoms with Crippen LogP contribution in [-0.4, -0.2) is 20.6 Å². The van der Waals surface area contributed by atoms with Crippen molar-refractivity contribution >= 4 is 21.4 Å². The van der Waals surface area contributed by atoms with Crippen LogP contribution in [0.5, 0.6) is 0 Å². The molecule has 4 nitrogen and oxygen atoms in total. The summed E-state index contributed by atoms with van der Waals surface area (Å²) >= 11 is 0. The van der Waals surface area contributed by atoms with Crippen LogP contribution in [0, 0.1) is 6.92 Å². The molecule has 0 fully saturated rings. The quantitative estimate of drug-likeness (QED) is 0.944. The van der Waals surface area contributed by atoms with Crippen LogP contribution in [0.25, 0.3) is 0 Å². The van der Waals surface area contributed by atoms with Crippen molar-refractivity contribution in [2.45, 2.75) is 11.8 Å². The summed E-state index contributed by atoms with van der Waals surface area (Å²) in [6, 6.07) is 13.5. The van der Waals surface area contributed by atoms with Crippen molar-refractivity contribution in [2.75, 3.05) is 11.6 Å². The zero-order valence-electron chi connectivity index (χ0n) is 11.3. The number of carbonyl (C=O) groups excluding carboxylic acids is 1. The highest BCUT2D eigenvalue weighted by atomic mass is 32.2. The largest absolute Gasteiger partial charge is 0.322 e. The second-order valence-corrected chi connectivity index (χ2v) is 6.58. The summed E-state index contributed by atoms with van der Waals surface area (Å²) in [6.45, 7) is 1.92. The Morgan fingerprint density at radius 3 is 2.40 bits per heavy atom. The van der Waals surface area contributed by atoms with Gasteiger partial charge in [-0.2, -0.15) is 0 Å². The topological polar surface area (TPSA) is 63.2 Å². The van der Waals surface area contributed by atoms with Gasteiger partial charge in [-0.15, -0.1) is 0 Å². The molecule has 2 aromatic rings. The van der Waals surface area contributed by atoms with Crippen LogP contribution in [-0.2, 0) is 9.84 Å². The van der Waals surface area contributed by atoms with Gasteiger partial charge in [-0.25, -0.2) is 8.42 Å². The number of benzene rings is 2. The fraction of sp³-hybridized carbons (Fsp3) is 0.133. The van der Waals surface area contributed by atoms with Crippen molar-refractivity contribution in [2.24, 2.45) is 0 Å². The smallest absolute Gasteiger partial charge is 0.256 e. The zero-order chi connectivity index (χ0) is 14.8. The molecule has 104 valence electrons. The van der Waals surface area contributed by atoms with Crippen molar-refractivity contribution in [3.63, 3.8) is 0 Å². The second kappa shape index (κ2) is 5.46. The van der Waals surface area contributed by atoms with E-state index >= 15 is 0 Å². The first-order chi connectivity index (χ1) is 9.38. The lowest BCUT2D eigenvalue weighted by Crippen LogP contribution is -2.16. The molecule has 0 bridgehead atoms. The third kappa shape index (κ3) is 3.24. The van der Waals surface area contributed by atoms with Gasteiger partial charge in [-0.1, -0.05) is 24.3 Å². The molecule has 0 atom stereocenters. The molecule has 20 heavy (non-hydrogen) atoms. The van der Waals surface area contributed by atoms with Crippen LogP contribution in [0.2, 0.25) is 0 Å². The first-order valence-corrected chi connectivity index (χ1v) is 7.94. The van der Waals surface area contributed by atoms with Crippen LogP contribution in [0.3, 0.4) is 0 Å². The third-order valence-corrected chi connectivity index (χ3v) is 3.96. The number of carbonyl (C=O) groups is 1. The van der Waals surface area contributed by atoms with E-state index in [4.69, 9.17) is 0 Å². The summed E-state index contributed by atoms with van der Waals surface area (Å²) in [5, 5.41) is 2.71. The molecule has 0 unspecified atom stereocenters. The lowest BCUT2D eigenvalue weighted by atomic mass is 10.2. The van der Waals surface area contributed by atoms with E-state index in [9.17, 15) is 13.2 Å². The maximum absolute atomic E-state index is 12.2. The fourth-order valence-electron chi connectivity index (χ4n) is 1.90. The summed E-state index contributed by atoms with van der Waals surface area (Å²) in [5.41, 5.74) is 1.80. The Balaban J connectivity index is 2.36. The lowest BCUT2D eigenvalue weighted by Gasteiger charge is -2.09. The summed E-state index contributed by atoms with van der Waals surface area (Å²) in [5.74, 6) is -0.434. The molecule has 0 aliphatic carbocycles. The standard InChI is InChI=1S/C15H15NO3S/c1-11-6-5-7-12(10-11)16-15(17)13-8-3-4-9-14(13)20(2,18)19/h3-10H,1-2H3,(H,16,17). The lowest BCUT2D eigenvalue weighted by molar-refractivity contribution is 0.102. The number of rotatable bonds is 3. The first kappa shape index (κ1) is 14.3. The molecule has 0 radical (unpaired) electrons. The Hall–Kier alpha value is -2.14. The number of sulfone groups is 1. The minimum Gasteiger partial charge on any atom is -0.322 e. The number of hydrogen-bond acceptors (Lipinski definition) is 3. The highest BCUT2D eigenvalue weighted by Crippen LogP contribution is 2.17. The van der Waals surface area contributed by atoms with E-state index in [1.807, 2.05) is 25.1 Å². The van der Waals surface area contributed by atoms with E-state index in [2.05, 4.69) is 5.32 Å². The van der Waals surface area contributed by atoms with E-state index in [0.29, 0.717) is 5.69 Å². The van der Waals surface area contributed by atoms with Gasteiger partial charge in [0.2, 0.25) is 0 Å². The van der Waals surface area contributed by atoms with Gasteiger partial charge in [0.25, 0.3) is 5.91 Å². The molecular formula is C15H15NO3S. The van der Waals surface area contributed by atoms with Crippen molar-refractivity contribution < 1.29 is 13.2 Å². The van der Waals surface area contributed by atoms with Gasteiger partial charge in [-0.3, -0.25) is 4.79 Å². The molecule has 1 N–H and O–H groups in total. The zero-order valence-corrected chi connectivity index (χ0v) is 12.1. The predicted molar refractivity (Wildman–Crippen MR) is 78.7 cm³/mol. The average molecular weight is 289 g/mol. The molecular weight excluding hydrogens is 274 g/mol. The molecule has 1 amide bonds. The summed E-state index contributed by atoms with van der Waals surface area (Å²) in [7, 11) is -3.44. The van der Waals surface area contributed by atoms with Crippen LogP contribution >= 0.6 is 0 Å². The van der Waals surface area contributed by atoms with Crippen molar-refractivity contribution in [3.8, 4) is 0 Å². The number of amides is 1. The van der Waals surface area contributed by atoms with Gasteiger partial charge in [0.05, 0.1) is 10.5 Å². The van der Waals surface area contributed by atoms with Crippen molar-refractivity contribution in [1.29, 1.82) is 0 Å². The first-order valence-electron chi connectivity index (χ1n) is 6.05. The van der Waals surface area contributed by atoms with E-state index in [0.717, 1.165) is 11.8 Å². The van der Waals surface area contributed by atoms with Crippen LogP contribution < -0.4 is 5.32 Å². The average Bonchev–Trinajstić information content (AvgIpc) is 2.37. The molecule has 2 aromatic carbocycles. The van der Waals surface area contributed by atoms with Crippen LogP contribution in [0.15, 0.2) is 53.4 Å². The van der Waals surface area contributed by atoms with E-state index < -0.39 is 15.7 Å². The molecule has 2 rings (SSSR count). The Morgan fingerprint density at radius 1 is 1.05 bits per heavy atom. The Bertz CT molecular complexity index is 751. The van der Waals surface area contributed by atoms with Crippen molar-refractivity contribution in [1.82, 2.24) is 0 Å². The van der Waals surface area contributed by atoms with E-state index in [1.165, 1.54) is 12.1 Å². The normalized spacial score (nSPS) is 11.1. The molecule has 0 saturated carbocycles. The summed E-state index contributed by atoms with van der Waals surface area (Å²) in [4.78, 5) is 12.2. The number of aryl methyl sites for hydroxylation is 1. The monoisotopic (exact) mass is 289 g/mol. The molecule has 0 saturated heterocycles. The molecule has 0 aliphatic rings. The van der Waals surface area contributed by atoms with Gasteiger partial charge >= 0.3 is 0 Å². The maximum Gasteiger partial charge on any atom is 0.256 e. The Kier molecular flexibility index (Phi) is 3.90. The molecule has 0 aliphatic heterocycles. The van der Waals surface area contributed by atoms with Crippen molar-refractivity contribution in [3.05, 3.63) is 59.7 Å². The molecule has 0 spiro atoms. The van der Waals surface area contributed by atoms with Gasteiger partial charge in [0, 0.05) is 11.9 Å². The van der Waals surface area contributed by atoms with Gasteiger partial charge in [-0.05, 0) is 36.8 Å². The minimum absolute atomic E-state index is 0.0325. The Labute approximate surface area is 118 Å².